The molecule has 3 heteroatoms. The van der Waals surface area contributed by atoms with Gasteiger partial charge in [-0.3, -0.25) is 0 Å². The van der Waals surface area contributed by atoms with Crippen LogP contribution in [0.1, 0.15) is 79.0 Å². The maximum absolute atomic E-state index is 11.6. The van der Waals surface area contributed by atoms with Gasteiger partial charge < -0.3 is 9.47 Å². The second-order valence-corrected chi connectivity index (χ2v) is 9.45. The number of benzene rings is 1. The van der Waals surface area contributed by atoms with Crippen molar-refractivity contribution in [3.8, 4) is 5.75 Å². The van der Waals surface area contributed by atoms with Crippen LogP contribution < -0.4 is 4.74 Å². The van der Waals surface area contributed by atoms with E-state index in [1.165, 1.54) is 17.2 Å². The third kappa shape index (κ3) is 7.23. The molecule has 0 aliphatic carbocycles. The molecule has 0 heterocycles. The maximum Gasteiger partial charge on any atom is 0.330 e. The first-order chi connectivity index (χ1) is 13.3. The number of allylic oxidation sites excluding steroid dienone is 5. The van der Waals surface area contributed by atoms with Crippen LogP contribution in [-0.2, 0) is 20.4 Å². The Kier molecular flexibility index (Phi) is 8.50. The smallest absolute Gasteiger partial charge is 0.330 e. The molecule has 0 saturated carbocycles. The molecule has 0 spiro atoms. The zero-order valence-corrected chi connectivity index (χ0v) is 19.9. The first-order valence-electron chi connectivity index (χ1n) is 10.2. The van der Waals surface area contributed by atoms with Crippen molar-refractivity contribution in [2.24, 2.45) is 0 Å². The molecule has 0 radical (unpaired) electrons. The van der Waals surface area contributed by atoms with Gasteiger partial charge in [-0.2, -0.15) is 0 Å². The quantitative estimate of drug-likeness (QED) is 0.302. The van der Waals surface area contributed by atoms with Gasteiger partial charge >= 0.3 is 5.97 Å². The second-order valence-electron chi connectivity index (χ2n) is 9.45. The number of hydrogen-bond donors (Lipinski definition) is 0. The second kappa shape index (κ2) is 9.96. The van der Waals surface area contributed by atoms with Gasteiger partial charge in [0.05, 0.1) is 13.7 Å². The van der Waals surface area contributed by atoms with Crippen molar-refractivity contribution in [1.82, 2.24) is 0 Å². The molecule has 1 rings (SSSR count). The van der Waals surface area contributed by atoms with Gasteiger partial charge in [0.2, 0.25) is 0 Å². The predicted molar refractivity (Wildman–Crippen MR) is 124 cm³/mol. The van der Waals surface area contributed by atoms with E-state index in [4.69, 9.17) is 9.47 Å². The molecule has 3 nitrogen and oxygen atoms in total. The summed E-state index contributed by atoms with van der Waals surface area (Å²) < 4.78 is 10.8. The Morgan fingerprint density at radius 1 is 1.03 bits per heavy atom. The van der Waals surface area contributed by atoms with Gasteiger partial charge in [0.25, 0.3) is 0 Å². The lowest BCUT2D eigenvalue weighted by atomic mass is 9.78. The molecule has 0 fully saturated rings. The Morgan fingerprint density at radius 2 is 1.66 bits per heavy atom. The van der Waals surface area contributed by atoms with E-state index in [2.05, 4.69) is 66.7 Å². The summed E-state index contributed by atoms with van der Waals surface area (Å²) in [6.45, 7) is 19.5. The molecule has 0 bridgehead atoms. The average molecular weight is 399 g/mol. The molecule has 0 aromatic heterocycles. The molecule has 0 unspecified atom stereocenters. The van der Waals surface area contributed by atoms with Crippen LogP contribution in [0.25, 0.3) is 5.57 Å². The van der Waals surface area contributed by atoms with Crippen molar-refractivity contribution in [3.05, 3.63) is 58.7 Å². The number of methoxy groups -OCH3 is 1. The fraction of sp³-hybridized carbons (Fsp3) is 0.500. The zero-order valence-electron chi connectivity index (χ0n) is 19.9. The summed E-state index contributed by atoms with van der Waals surface area (Å²) in [6, 6.07) is 4.51. The summed E-state index contributed by atoms with van der Waals surface area (Å²) in [7, 11) is 1.74. The molecule has 29 heavy (non-hydrogen) atoms. The van der Waals surface area contributed by atoms with Gasteiger partial charge in [-0.15, -0.1) is 0 Å². The maximum atomic E-state index is 11.6. The number of esters is 1. The van der Waals surface area contributed by atoms with Crippen molar-refractivity contribution in [3.63, 3.8) is 0 Å². The summed E-state index contributed by atoms with van der Waals surface area (Å²) in [5.41, 5.74) is 5.55. The number of ether oxygens (including phenoxy) is 2. The molecular weight excluding hydrogens is 360 g/mol. The third-order valence-electron chi connectivity index (χ3n) is 4.73. The van der Waals surface area contributed by atoms with Crippen LogP contribution in [-0.4, -0.2) is 19.7 Å². The van der Waals surface area contributed by atoms with E-state index in [-0.39, 0.29) is 16.8 Å². The Labute approximate surface area is 177 Å². The molecule has 0 saturated heterocycles. The largest absolute Gasteiger partial charge is 0.496 e. The third-order valence-corrected chi connectivity index (χ3v) is 4.73. The molecular formula is C26H38O3. The number of hydrogen-bond acceptors (Lipinski definition) is 3. The summed E-state index contributed by atoms with van der Waals surface area (Å²) in [4.78, 5) is 11.6. The topological polar surface area (TPSA) is 35.5 Å². The minimum Gasteiger partial charge on any atom is -0.496 e. The van der Waals surface area contributed by atoms with Gasteiger partial charge in [0, 0.05) is 17.2 Å². The molecule has 0 amide bonds. The Bertz CT molecular complexity index is 810. The standard InChI is InChI=1S/C26H38O3/c1-11-29-23(27)15-18(2)13-12-14-19(3)21-16-20(25(4,5)6)17-22(24(21)28-10)26(7,8)9/h12-17H,11H2,1-10H3/b13-12+,18-15+,19-14-. The van der Waals surface area contributed by atoms with Gasteiger partial charge in [-0.05, 0) is 54.4 Å². The van der Waals surface area contributed by atoms with E-state index >= 15 is 0 Å². The van der Waals surface area contributed by atoms with Crippen LogP contribution in [0.5, 0.6) is 5.75 Å². The minimum atomic E-state index is -0.315. The van der Waals surface area contributed by atoms with E-state index in [0.29, 0.717) is 6.61 Å². The van der Waals surface area contributed by atoms with Gasteiger partial charge in [-0.25, -0.2) is 4.79 Å². The highest BCUT2D eigenvalue weighted by Gasteiger charge is 2.26. The highest BCUT2D eigenvalue weighted by Crippen LogP contribution is 2.40. The highest BCUT2D eigenvalue weighted by molar-refractivity contribution is 5.83. The molecule has 0 N–H and O–H groups in total. The van der Waals surface area contributed by atoms with E-state index in [9.17, 15) is 4.79 Å². The molecule has 160 valence electrons. The molecule has 0 aliphatic rings. The lowest BCUT2D eigenvalue weighted by Gasteiger charge is -2.29. The summed E-state index contributed by atoms with van der Waals surface area (Å²) in [5, 5.41) is 0. The Balaban J connectivity index is 3.42. The number of carbonyl (C=O) groups is 1. The van der Waals surface area contributed by atoms with Crippen LogP contribution in [0.3, 0.4) is 0 Å². The van der Waals surface area contributed by atoms with Crippen molar-refractivity contribution < 1.29 is 14.3 Å². The lowest BCUT2D eigenvalue weighted by Crippen LogP contribution is -2.18. The van der Waals surface area contributed by atoms with Gasteiger partial charge in [0.1, 0.15) is 5.75 Å². The molecule has 1 aromatic rings. The summed E-state index contributed by atoms with van der Waals surface area (Å²) >= 11 is 0. The van der Waals surface area contributed by atoms with E-state index in [1.54, 1.807) is 14.0 Å². The molecule has 0 aliphatic heterocycles. The molecule has 1 aromatic carbocycles. The van der Waals surface area contributed by atoms with Crippen LogP contribution in [0.15, 0.2) is 42.0 Å². The first-order valence-corrected chi connectivity index (χ1v) is 10.2. The van der Waals surface area contributed by atoms with Crippen molar-refractivity contribution in [2.75, 3.05) is 13.7 Å². The lowest BCUT2D eigenvalue weighted by molar-refractivity contribution is -0.137. The fourth-order valence-electron chi connectivity index (χ4n) is 2.98. The highest BCUT2D eigenvalue weighted by atomic mass is 16.5. The SMILES string of the molecule is CCOC(=O)/C=C(C)/C=C/C=C(/C)c1cc(C(C)(C)C)cc(C(C)(C)C)c1OC. The van der Waals surface area contributed by atoms with Crippen molar-refractivity contribution in [2.45, 2.75) is 73.1 Å². The summed E-state index contributed by atoms with van der Waals surface area (Å²) in [6.07, 6.45) is 7.42. The monoisotopic (exact) mass is 398 g/mol. The van der Waals surface area contributed by atoms with Crippen LogP contribution in [0, 0.1) is 0 Å². The van der Waals surface area contributed by atoms with Crippen LogP contribution in [0.4, 0.5) is 0 Å². The minimum absolute atomic E-state index is 0.0313. The Hall–Kier alpha value is -2.29. The summed E-state index contributed by atoms with van der Waals surface area (Å²) in [5.74, 6) is 0.608. The number of rotatable bonds is 6. The van der Waals surface area contributed by atoms with E-state index in [0.717, 1.165) is 22.5 Å². The molecule has 0 atom stereocenters. The van der Waals surface area contributed by atoms with E-state index < -0.39 is 0 Å². The number of carbonyl (C=O) groups excluding carboxylic acids is 1. The van der Waals surface area contributed by atoms with Crippen molar-refractivity contribution >= 4 is 11.5 Å². The van der Waals surface area contributed by atoms with Gasteiger partial charge in [0.15, 0.2) is 0 Å². The van der Waals surface area contributed by atoms with Gasteiger partial charge in [-0.1, -0.05) is 65.8 Å². The zero-order chi connectivity index (χ0) is 22.4. The first kappa shape index (κ1) is 24.7. The average Bonchev–Trinajstić information content (AvgIpc) is 2.58. The Morgan fingerprint density at radius 3 is 2.14 bits per heavy atom. The van der Waals surface area contributed by atoms with Crippen LogP contribution >= 0.6 is 0 Å². The van der Waals surface area contributed by atoms with Crippen LogP contribution in [0.2, 0.25) is 0 Å². The van der Waals surface area contributed by atoms with Crippen molar-refractivity contribution in [1.29, 1.82) is 0 Å². The normalized spacial score (nSPS) is 13.7. The van der Waals surface area contributed by atoms with E-state index in [1.807, 2.05) is 19.1 Å². The fourth-order valence-corrected chi connectivity index (χ4v) is 2.98. The predicted octanol–water partition coefficient (Wildman–Crippen LogP) is 6.76.